The SMILES string of the molecule is Cc1cccc(CNC(=O)c2[nH]cnc2C(=O)NCC(C)(C)C)c1. The van der Waals surface area contributed by atoms with Crippen molar-refractivity contribution in [3.63, 3.8) is 0 Å². The summed E-state index contributed by atoms with van der Waals surface area (Å²) in [6, 6.07) is 7.89. The fourth-order valence-corrected chi connectivity index (χ4v) is 2.16. The lowest BCUT2D eigenvalue weighted by Crippen LogP contribution is -2.34. The molecule has 0 saturated heterocycles. The molecule has 0 saturated carbocycles. The van der Waals surface area contributed by atoms with E-state index in [9.17, 15) is 9.59 Å². The summed E-state index contributed by atoms with van der Waals surface area (Å²) in [4.78, 5) is 31.3. The van der Waals surface area contributed by atoms with E-state index in [1.54, 1.807) is 0 Å². The Bertz CT molecular complexity index is 729. The van der Waals surface area contributed by atoms with Crippen LogP contribution in [0.5, 0.6) is 0 Å². The van der Waals surface area contributed by atoms with Crippen molar-refractivity contribution in [2.24, 2.45) is 5.41 Å². The molecule has 2 aromatic rings. The Morgan fingerprint density at radius 1 is 1.17 bits per heavy atom. The fraction of sp³-hybridized carbons (Fsp3) is 0.389. The van der Waals surface area contributed by atoms with E-state index in [0.29, 0.717) is 13.1 Å². The molecule has 2 amide bonds. The number of benzene rings is 1. The summed E-state index contributed by atoms with van der Waals surface area (Å²) in [5.41, 5.74) is 2.38. The van der Waals surface area contributed by atoms with E-state index in [0.717, 1.165) is 11.1 Å². The summed E-state index contributed by atoms with van der Waals surface area (Å²) in [5.74, 6) is -0.707. The Balaban J connectivity index is 2.00. The maximum Gasteiger partial charge on any atom is 0.272 e. The summed E-state index contributed by atoms with van der Waals surface area (Å²) >= 11 is 0. The first kappa shape index (κ1) is 17.7. The molecule has 6 nitrogen and oxygen atoms in total. The summed E-state index contributed by atoms with van der Waals surface area (Å²) in [6.45, 7) is 8.96. The highest BCUT2D eigenvalue weighted by molar-refractivity contribution is 6.04. The van der Waals surface area contributed by atoms with Gasteiger partial charge in [-0.05, 0) is 17.9 Å². The van der Waals surface area contributed by atoms with E-state index in [1.807, 2.05) is 52.0 Å². The molecule has 0 fully saturated rings. The zero-order valence-electron chi connectivity index (χ0n) is 14.6. The molecule has 0 radical (unpaired) electrons. The van der Waals surface area contributed by atoms with E-state index >= 15 is 0 Å². The van der Waals surface area contributed by atoms with Gasteiger partial charge in [0, 0.05) is 13.1 Å². The summed E-state index contributed by atoms with van der Waals surface area (Å²) < 4.78 is 0. The number of nitrogens with zero attached hydrogens (tertiary/aromatic N) is 1. The van der Waals surface area contributed by atoms with E-state index in [1.165, 1.54) is 6.33 Å². The maximum absolute atomic E-state index is 12.3. The lowest BCUT2D eigenvalue weighted by Gasteiger charge is -2.18. The smallest absolute Gasteiger partial charge is 0.272 e. The van der Waals surface area contributed by atoms with Crippen LogP contribution < -0.4 is 10.6 Å². The number of aromatic nitrogens is 2. The molecular weight excluding hydrogens is 304 g/mol. The van der Waals surface area contributed by atoms with Crippen LogP contribution in [0.25, 0.3) is 0 Å². The topological polar surface area (TPSA) is 86.9 Å². The molecule has 128 valence electrons. The van der Waals surface area contributed by atoms with Gasteiger partial charge >= 0.3 is 0 Å². The Morgan fingerprint density at radius 2 is 1.92 bits per heavy atom. The van der Waals surface area contributed by atoms with Crippen molar-refractivity contribution in [1.29, 1.82) is 0 Å². The van der Waals surface area contributed by atoms with Gasteiger partial charge in [-0.15, -0.1) is 0 Å². The number of carbonyl (C=O) groups is 2. The van der Waals surface area contributed by atoms with E-state index in [-0.39, 0.29) is 28.6 Å². The standard InChI is InChI=1S/C18H24N4O2/c1-12-6-5-7-13(8-12)9-19-16(23)14-15(22-11-21-14)17(24)20-10-18(2,3)4/h5-8,11H,9-10H2,1-4H3,(H,19,23)(H,20,24)(H,21,22). The number of carbonyl (C=O) groups excluding carboxylic acids is 2. The van der Waals surface area contributed by atoms with Gasteiger partial charge in [0.1, 0.15) is 5.69 Å². The van der Waals surface area contributed by atoms with Crippen LogP contribution in [-0.2, 0) is 6.54 Å². The lowest BCUT2D eigenvalue weighted by molar-refractivity contribution is 0.0905. The average molecular weight is 328 g/mol. The van der Waals surface area contributed by atoms with Crippen LogP contribution in [-0.4, -0.2) is 28.3 Å². The number of H-pyrrole nitrogens is 1. The Kier molecular flexibility index (Phi) is 5.39. The lowest BCUT2D eigenvalue weighted by atomic mass is 9.97. The van der Waals surface area contributed by atoms with Crippen LogP contribution in [0.15, 0.2) is 30.6 Å². The third-order valence-corrected chi connectivity index (χ3v) is 3.40. The van der Waals surface area contributed by atoms with E-state index in [4.69, 9.17) is 0 Å². The number of aromatic amines is 1. The van der Waals surface area contributed by atoms with Crippen molar-refractivity contribution in [2.75, 3.05) is 6.54 Å². The molecule has 3 N–H and O–H groups in total. The highest BCUT2D eigenvalue weighted by atomic mass is 16.2. The zero-order valence-corrected chi connectivity index (χ0v) is 14.6. The first-order valence-electron chi connectivity index (χ1n) is 7.91. The highest BCUT2D eigenvalue weighted by Crippen LogP contribution is 2.11. The van der Waals surface area contributed by atoms with Gasteiger partial charge in [-0.1, -0.05) is 50.6 Å². The van der Waals surface area contributed by atoms with Crippen molar-refractivity contribution in [3.8, 4) is 0 Å². The van der Waals surface area contributed by atoms with Crippen LogP contribution in [0.4, 0.5) is 0 Å². The summed E-state index contributed by atoms with van der Waals surface area (Å²) in [7, 11) is 0. The van der Waals surface area contributed by atoms with Gasteiger partial charge in [-0.2, -0.15) is 0 Å². The predicted octanol–water partition coefficient (Wildman–Crippen LogP) is 2.42. The van der Waals surface area contributed by atoms with Gasteiger partial charge in [-0.3, -0.25) is 9.59 Å². The molecule has 0 unspecified atom stereocenters. The number of imidazole rings is 1. The van der Waals surface area contributed by atoms with Crippen LogP contribution in [0.1, 0.15) is 52.9 Å². The van der Waals surface area contributed by atoms with Crippen molar-refractivity contribution < 1.29 is 9.59 Å². The van der Waals surface area contributed by atoms with Crippen LogP contribution >= 0.6 is 0 Å². The van der Waals surface area contributed by atoms with Crippen LogP contribution in [0.2, 0.25) is 0 Å². The minimum Gasteiger partial charge on any atom is -0.350 e. The molecule has 1 aromatic heterocycles. The van der Waals surface area contributed by atoms with Gasteiger partial charge in [-0.25, -0.2) is 4.98 Å². The Morgan fingerprint density at radius 3 is 2.58 bits per heavy atom. The minimum atomic E-state index is -0.355. The van der Waals surface area contributed by atoms with Crippen molar-refractivity contribution >= 4 is 11.8 Å². The Hall–Kier alpha value is -2.63. The number of amides is 2. The molecule has 0 bridgehead atoms. The van der Waals surface area contributed by atoms with Crippen molar-refractivity contribution in [2.45, 2.75) is 34.2 Å². The second-order valence-corrected chi connectivity index (χ2v) is 7.04. The van der Waals surface area contributed by atoms with Crippen molar-refractivity contribution in [1.82, 2.24) is 20.6 Å². The largest absolute Gasteiger partial charge is 0.350 e. The van der Waals surface area contributed by atoms with E-state index < -0.39 is 0 Å². The van der Waals surface area contributed by atoms with Gasteiger partial charge < -0.3 is 15.6 Å². The molecule has 1 heterocycles. The van der Waals surface area contributed by atoms with Crippen LogP contribution in [0, 0.1) is 12.3 Å². The quantitative estimate of drug-likeness (QED) is 0.788. The minimum absolute atomic E-state index is 0.0421. The molecule has 0 aliphatic rings. The number of hydrogen-bond donors (Lipinski definition) is 3. The van der Waals surface area contributed by atoms with Gasteiger partial charge in [0.15, 0.2) is 5.69 Å². The first-order chi connectivity index (χ1) is 11.3. The number of aryl methyl sites for hydroxylation is 1. The van der Waals surface area contributed by atoms with Gasteiger partial charge in [0.2, 0.25) is 0 Å². The molecule has 0 aliphatic carbocycles. The third kappa shape index (κ3) is 4.94. The molecular formula is C18H24N4O2. The third-order valence-electron chi connectivity index (χ3n) is 3.40. The second kappa shape index (κ2) is 7.29. The van der Waals surface area contributed by atoms with Crippen molar-refractivity contribution in [3.05, 3.63) is 53.1 Å². The number of nitrogens with one attached hydrogen (secondary N) is 3. The van der Waals surface area contributed by atoms with E-state index in [2.05, 4.69) is 20.6 Å². The van der Waals surface area contributed by atoms with Crippen LogP contribution in [0.3, 0.4) is 0 Å². The normalized spacial score (nSPS) is 11.2. The second-order valence-electron chi connectivity index (χ2n) is 7.04. The average Bonchev–Trinajstić information content (AvgIpc) is 2.99. The molecule has 2 rings (SSSR count). The summed E-state index contributed by atoms with van der Waals surface area (Å²) in [6.07, 6.45) is 1.35. The number of rotatable bonds is 5. The van der Waals surface area contributed by atoms with Gasteiger partial charge in [0.25, 0.3) is 11.8 Å². The number of hydrogen-bond acceptors (Lipinski definition) is 3. The molecule has 0 aliphatic heterocycles. The zero-order chi connectivity index (χ0) is 17.7. The first-order valence-corrected chi connectivity index (χ1v) is 7.91. The monoisotopic (exact) mass is 328 g/mol. The molecule has 6 heteroatoms. The highest BCUT2D eigenvalue weighted by Gasteiger charge is 2.21. The predicted molar refractivity (Wildman–Crippen MR) is 92.7 cm³/mol. The summed E-state index contributed by atoms with van der Waals surface area (Å²) in [5, 5.41) is 5.61. The molecule has 0 spiro atoms. The Labute approximate surface area is 142 Å². The molecule has 0 atom stereocenters. The fourth-order valence-electron chi connectivity index (χ4n) is 2.16. The molecule has 1 aromatic carbocycles. The molecule has 24 heavy (non-hydrogen) atoms. The maximum atomic E-state index is 12.3. The van der Waals surface area contributed by atoms with Gasteiger partial charge in [0.05, 0.1) is 6.33 Å².